The van der Waals surface area contributed by atoms with E-state index in [0.717, 1.165) is 37.5 Å². The van der Waals surface area contributed by atoms with Gasteiger partial charge in [-0.2, -0.15) is 13.2 Å². The molecule has 1 aromatic rings. The summed E-state index contributed by atoms with van der Waals surface area (Å²) < 4.78 is 51.9. The van der Waals surface area contributed by atoms with Gasteiger partial charge in [-0.1, -0.05) is 20.8 Å². The number of hydrogen-bond acceptors (Lipinski definition) is 1. The molecule has 2 atom stereocenters. The highest BCUT2D eigenvalue weighted by Gasteiger charge is 2.34. The second-order valence-electron chi connectivity index (χ2n) is 6.83. The van der Waals surface area contributed by atoms with Crippen molar-refractivity contribution in [3.05, 3.63) is 29.6 Å². The summed E-state index contributed by atoms with van der Waals surface area (Å²) >= 11 is 0. The van der Waals surface area contributed by atoms with Gasteiger partial charge in [-0.15, -0.1) is 0 Å². The zero-order chi connectivity index (χ0) is 15.8. The SMILES string of the molecule is CC1CC(C)(C)CCC1Nc1cc(C(F)(F)F)ccc1F. The van der Waals surface area contributed by atoms with Crippen molar-refractivity contribution in [2.75, 3.05) is 5.32 Å². The van der Waals surface area contributed by atoms with Crippen LogP contribution in [0.4, 0.5) is 23.2 Å². The molecule has 1 saturated carbocycles. The van der Waals surface area contributed by atoms with Crippen LogP contribution in [0.15, 0.2) is 18.2 Å². The van der Waals surface area contributed by atoms with Crippen molar-refractivity contribution in [1.82, 2.24) is 0 Å². The van der Waals surface area contributed by atoms with Crippen molar-refractivity contribution >= 4 is 5.69 Å². The average molecular weight is 303 g/mol. The molecule has 1 aliphatic carbocycles. The van der Waals surface area contributed by atoms with E-state index in [9.17, 15) is 17.6 Å². The van der Waals surface area contributed by atoms with Crippen LogP contribution in [0.2, 0.25) is 0 Å². The summed E-state index contributed by atoms with van der Waals surface area (Å²) in [6.07, 6.45) is -1.66. The van der Waals surface area contributed by atoms with Crippen LogP contribution in [0.3, 0.4) is 0 Å². The number of anilines is 1. The predicted octanol–water partition coefficient (Wildman–Crippen LogP) is 5.47. The number of nitrogens with one attached hydrogen (secondary N) is 1. The van der Waals surface area contributed by atoms with Crippen LogP contribution < -0.4 is 5.32 Å². The number of hydrogen-bond donors (Lipinski definition) is 1. The first-order chi connectivity index (χ1) is 9.58. The maximum Gasteiger partial charge on any atom is 0.416 e. The van der Waals surface area contributed by atoms with Gasteiger partial charge in [-0.25, -0.2) is 4.39 Å². The molecule has 0 bridgehead atoms. The highest BCUT2D eigenvalue weighted by molar-refractivity contribution is 5.49. The lowest BCUT2D eigenvalue weighted by Gasteiger charge is -2.40. The summed E-state index contributed by atoms with van der Waals surface area (Å²) in [6, 6.07) is 2.52. The van der Waals surface area contributed by atoms with Crippen molar-refractivity contribution in [2.45, 2.75) is 52.3 Å². The molecular formula is C16H21F4N. The Kier molecular flexibility index (Phi) is 4.22. The van der Waals surface area contributed by atoms with Gasteiger partial charge in [0.25, 0.3) is 0 Å². The van der Waals surface area contributed by atoms with Crippen LogP contribution in [-0.4, -0.2) is 6.04 Å². The highest BCUT2D eigenvalue weighted by atomic mass is 19.4. The van der Waals surface area contributed by atoms with E-state index in [0.29, 0.717) is 5.92 Å². The lowest BCUT2D eigenvalue weighted by Crippen LogP contribution is -2.37. The smallest absolute Gasteiger partial charge is 0.380 e. The fourth-order valence-electron chi connectivity index (χ4n) is 3.17. The third kappa shape index (κ3) is 3.89. The Morgan fingerprint density at radius 2 is 1.90 bits per heavy atom. The molecule has 5 heteroatoms. The maximum atomic E-state index is 13.8. The van der Waals surface area contributed by atoms with Gasteiger partial charge in [0.2, 0.25) is 0 Å². The maximum absolute atomic E-state index is 13.8. The lowest BCUT2D eigenvalue weighted by molar-refractivity contribution is -0.137. The molecule has 0 spiro atoms. The number of rotatable bonds is 2. The second-order valence-corrected chi connectivity index (χ2v) is 6.83. The Morgan fingerprint density at radius 3 is 2.48 bits per heavy atom. The Morgan fingerprint density at radius 1 is 1.24 bits per heavy atom. The quantitative estimate of drug-likeness (QED) is 0.714. The van der Waals surface area contributed by atoms with E-state index < -0.39 is 17.6 Å². The van der Waals surface area contributed by atoms with Gasteiger partial charge in [0, 0.05) is 6.04 Å². The molecule has 0 saturated heterocycles. The molecule has 0 radical (unpaired) electrons. The first-order valence-corrected chi connectivity index (χ1v) is 7.22. The molecule has 0 heterocycles. The molecule has 0 amide bonds. The van der Waals surface area contributed by atoms with E-state index in [-0.39, 0.29) is 17.1 Å². The van der Waals surface area contributed by atoms with Gasteiger partial charge in [0.15, 0.2) is 0 Å². The number of alkyl halides is 3. The highest BCUT2D eigenvalue weighted by Crippen LogP contribution is 2.40. The fraction of sp³-hybridized carbons (Fsp3) is 0.625. The summed E-state index contributed by atoms with van der Waals surface area (Å²) in [4.78, 5) is 0. The van der Waals surface area contributed by atoms with Crippen LogP contribution in [-0.2, 0) is 6.18 Å². The zero-order valence-corrected chi connectivity index (χ0v) is 12.5. The fourth-order valence-corrected chi connectivity index (χ4v) is 3.17. The summed E-state index contributed by atoms with van der Waals surface area (Å²) in [5.41, 5.74) is -0.638. The minimum absolute atomic E-state index is 0.0102. The van der Waals surface area contributed by atoms with E-state index in [1.165, 1.54) is 0 Å². The molecule has 0 aromatic heterocycles. The van der Waals surface area contributed by atoms with Crippen molar-refractivity contribution in [3.8, 4) is 0 Å². The third-order valence-corrected chi connectivity index (χ3v) is 4.33. The van der Waals surface area contributed by atoms with Gasteiger partial charge >= 0.3 is 6.18 Å². The molecule has 2 rings (SSSR count). The monoisotopic (exact) mass is 303 g/mol. The molecule has 2 unspecified atom stereocenters. The first kappa shape index (κ1) is 16.1. The summed E-state index contributed by atoms with van der Waals surface area (Å²) in [6.45, 7) is 6.43. The number of halogens is 4. The standard InChI is InChI=1S/C16H21F4N/c1-10-9-15(2,3)7-6-13(10)21-14-8-11(16(18,19)20)4-5-12(14)17/h4-5,8,10,13,21H,6-7,9H2,1-3H3. The summed E-state index contributed by atoms with van der Waals surface area (Å²) in [5.74, 6) is -0.345. The van der Waals surface area contributed by atoms with E-state index in [1.807, 2.05) is 0 Å². The Hall–Kier alpha value is -1.26. The van der Waals surface area contributed by atoms with Gasteiger partial charge in [0.1, 0.15) is 5.82 Å². The lowest BCUT2D eigenvalue weighted by atomic mass is 9.70. The third-order valence-electron chi connectivity index (χ3n) is 4.33. The Labute approximate surface area is 122 Å². The largest absolute Gasteiger partial charge is 0.416 e. The normalized spacial score (nSPS) is 25.7. The molecule has 1 N–H and O–H groups in total. The molecule has 1 aliphatic rings. The van der Waals surface area contributed by atoms with E-state index in [4.69, 9.17) is 0 Å². The van der Waals surface area contributed by atoms with Crippen molar-refractivity contribution in [3.63, 3.8) is 0 Å². The van der Waals surface area contributed by atoms with Crippen molar-refractivity contribution in [2.24, 2.45) is 11.3 Å². The summed E-state index contributed by atoms with van der Waals surface area (Å²) in [5, 5.41) is 2.97. The van der Waals surface area contributed by atoms with E-state index in [1.54, 1.807) is 0 Å². The van der Waals surface area contributed by atoms with Crippen LogP contribution in [0.5, 0.6) is 0 Å². The van der Waals surface area contributed by atoms with Crippen LogP contribution in [0.25, 0.3) is 0 Å². The van der Waals surface area contributed by atoms with Crippen molar-refractivity contribution < 1.29 is 17.6 Å². The second kappa shape index (κ2) is 5.50. The van der Waals surface area contributed by atoms with E-state index >= 15 is 0 Å². The van der Waals surface area contributed by atoms with Crippen LogP contribution in [0, 0.1) is 17.2 Å². The average Bonchev–Trinajstić information content (AvgIpc) is 2.33. The van der Waals surface area contributed by atoms with Crippen molar-refractivity contribution in [1.29, 1.82) is 0 Å². The minimum Gasteiger partial charge on any atom is -0.380 e. The predicted molar refractivity (Wildman–Crippen MR) is 75.6 cm³/mol. The van der Waals surface area contributed by atoms with Gasteiger partial charge in [-0.05, 0) is 48.8 Å². The first-order valence-electron chi connectivity index (χ1n) is 7.22. The molecule has 1 aromatic carbocycles. The van der Waals surface area contributed by atoms with Gasteiger partial charge in [0.05, 0.1) is 11.3 Å². The molecular weight excluding hydrogens is 282 g/mol. The molecule has 1 fully saturated rings. The molecule has 118 valence electrons. The summed E-state index contributed by atoms with van der Waals surface area (Å²) in [7, 11) is 0. The minimum atomic E-state index is -4.45. The van der Waals surface area contributed by atoms with Gasteiger partial charge in [-0.3, -0.25) is 0 Å². The Bertz CT molecular complexity index is 507. The topological polar surface area (TPSA) is 12.0 Å². The van der Waals surface area contributed by atoms with E-state index in [2.05, 4.69) is 26.1 Å². The molecule has 0 aliphatic heterocycles. The van der Waals surface area contributed by atoms with Crippen LogP contribution in [0.1, 0.15) is 45.6 Å². The molecule has 1 nitrogen and oxygen atoms in total. The zero-order valence-electron chi connectivity index (χ0n) is 12.5. The van der Waals surface area contributed by atoms with Gasteiger partial charge < -0.3 is 5.32 Å². The Balaban J connectivity index is 2.16. The number of benzene rings is 1. The molecule has 21 heavy (non-hydrogen) atoms. The van der Waals surface area contributed by atoms with Crippen LogP contribution >= 0.6 is 0 Å².